The monoisotopic (exact) mass is 336 g/mol. The third-order valence-corrected chi connectivity index (χ3v) is 4.35. The van der Waals surface area contributed by atoms with Crippen LogP contribution in [0.1, 0.15) is 88.9 Å². The molecular formula is C20H32O4. The third kappa shape index (κ3) is 8.32. The van der Waals surface area contributed by atoms with Crippen LogP contribution in [-0.4, -0.2) is 11.4 Å². The minimum Gasteiger partial charge on any atom is -0.507 e. The summed E-state index contributed by atoms with van der Waals surface area (Å²) < 4.78 is 5.35. The molecule has 0 saturated heterocycles. The van der Waals surface area contributed by atoms with Crippen LogP contribution in [0.3, 0.4) is 0 Å². The van der Waals surface area contributed by atoms with Crippen LogP contribution in [-0.2, 0) is 17.6 Å². The smallest absolute Gasteiger partial charge is 0.342 e. The van der Waals surface area contributed by atoms with Crippen LogP contribution >= 0.6 is 0 Å². The van der Waals surface area contributed by atoms with E-state index < -0.39 is 0 Å². The van der Waals surface area contributed by atoms with Crippen LogP contribution < -0.4 is 5.63 Å². The minimum absolute atomic E-state index is 0.0794. The number of hydrogen-bond donors (Lipinski definition) is 1. The van der Waals surface area contributed by atoms with Gasteiger partial charge in [0.1, 0.15) is 17.8 Å². The van der Waals surface area contributed by atoms with Gasteiger partial charge in [-0.1, -0.05) is 51.9 Å². The summed E-state index contributed by atoms with van der Waals surface area (Å²) >= 11 is 0. The summed E-state index contributed by atoms with van der Waals surface area (Å²) in [5, 5.41) is 10.1. The normalized spacial score (nSPS) is 10.9. The van der Waals surface area contributed by atoms with Gasteiger partial charge in [0.2, 0.25) is 0 Å². The predicted octanol–water partition coefficient (Wildman–Crippen LogP) is 4.94. The van der Waals surface area contributed by atoms with Crippen molar-refractivity contribution in [1.29, 1.82) is 0 Å². The molecule has 0 aliphatic rings. The van der Waals surface area contributed by atoms with Gasteiger partial charge in [0.25, 0.3) is 0 Å². The standard InChI is InChI=1S/C20H32O4/c1-2-3-4-7-10-13-17-16-19(22)18(20(23)24-17)14-11-8-5-6-9-12-15-21/h15-16,22H,2-14H2,1H3. The van der Waals surface area contributed by atoms with Crippen LogP contribution in [0.15, 0.2) is 15.3 Å². The van der Waals surface area contributed by atoms with E-state index in [9.17, 15) is 14.7 Å². The highest BCUT2D eigenvalue weighted by atomic mass is 16.4. The fourth-order valence-electron chi connectivity index (χ4n) is 2.87. The van der Waals surface area contributed by atoms with Crippen LogP contribution in [0.25, 0.3) is 0 Å². The SMILES string of the molecule is CCCCCCCc1cc(O)c(CCCCCCCC=O)c(=O)o1. The van der Waals surface area contributed by atoms with E-state index in [0.29, 0.717) is 30.6 Å². The molecular weight excluding hydrogens is 304 g/mol. The summed E-state index contributed by atoms with van der Waals surface area (Å²) in [5.41, 5.74) is 0.0112. The van der Waals surface area contributed by atoms with Crippen LogP contribution in [0.4, 0.5) is 0 Å². The lowest BCUT2D eigenvalue weighted by molar-refractivity contribution is -0.107. The number of aromatic hydroxyl groups is 1. The van der Waals surface area contributed by atoms with Crippen molar-refractivity contribution in [3.63, 3.8) is 0 Å². The Morgan fingerprint density at radius 2 is 1.58 bits per heavy atom. The van der Waals surface area contributed by atoms with Gasteiger partial charge in [-0.2, -0.15) is 0 Å². The van der Waals surface area contributed by atoms with Crippen LogP contribution in [0.5, 0.6) is 5.75 Å². The van der Waals surface area contributed by atoms with E-state index in [1.807, 2.05) is 0 Å². The molecule has 0 aromatic carbocycles. The molecule has 0 aliphatic carbocycles. The summed E-state index contributed by atoms with van der Waals surface area (Å²) in [6.45, 7) is 2.18. The Morgan fingerprint density at radius 3 is 2.25 bits per heavy atom. The highest BCUT2D eigenvalue weighted by Gasteiger charge is 2.11. The minimum atomic E-state index is -0.389. The average Bonchev–Trinajstić information content (AvgIpc) is 2.56. The number of aryl methyl sites for hydroxylation is 1. The molecule has 1 N–H and O–H groups in total. The molecule has 0 amide bonds. The maximum atomic E-state index is 12.0. The van der Waals surface area contributed by atoms with Gasteiger partial charge >= 0.3 is 5.63 Å². The first-order valence-corrected chi connectivity index (χ1v) is 9.47. The fraction of sp³-hybridized carbons (Fsp3) is 0.700. The molecule has 0 radical (unpaired) electrons. The summed E-state index contributed by atoms with van der Waals surface area (Å²) in [6, 6.07) is 1.61. The van der Waals surface area contributed by atoms with Crippen LogP contribution in [0, 0.1) is 0 Å². The Kier molecular flexibility index (Phi) is 10.9. The summed E-state index contributed by atoms with van der Waals surface area (Å²) in [4.78, 5) is 22.3. The molecule has 24 heavy (non-hydrogen) atoms. The molecule has 4 nitrogen and oxygen atoms in total. The first-order chi connectivity index (χ1) is 11.7. The molecule has 1 aromatic rings. The van der Waals surface area contributed by atoms with Crippen molar-refractivity contribution in [3.8, 4) is 5.75 Å². The number of aldehydes is 1. The summed E-state index contributed by atoms with van der Waals surface area (Å²) in [5.74, 6) is 0.669. The van der Waals surface area contributed by atoms with E-state index in [1.165, 1.54) is 19.3 Å². The molecule has 0 atom stereocenters. The Hall–Kier alpha value is -1.58. The molecule has 4 heteroatoms. The first-order valence-electron chi connectivity index (χ1n) is 9.47. The molecule has 0 spiro atoms. The van der Waals surface area contributed by atoms with Gasteiger partial charge in [-0.25, -0.2) is 4.79 Å². The van der Waals surface area contributed by atoms with Gasteiger partial charge in [0.15, 0.2) is 0 Å². The quantitative estimate of drug-likeness (QED) is 0.386. The van der Waals surface area contributed by atoms with Crippen molar-refractivity contribution in [2.45, 2.75) is 90.4 Å². The van der Waals surface area contributed by atoms with E-state index in [2.05, 4.69) is 6.92 Å². The lowest BCUT2D eigenvalue weighted by Gasteiger charge is -2.06. The van der Waals surface area contributed by atoms with Crippen molar-refractivity contribution in [3.05, 3.63) is 27.8 Å². The molecule has 1 aromatic heterocycles. The van der Waals surface area contributed by atoms with Crippen molar-refractivity contribution in [1.82, 2.24) is 0 Å². The van der Waals surface area contributed by atoms with Gasteiger partial charge in [-0.15, -0.1) is 0 Å². The van der Waals surface area contributed by atoms with Crippen molar-refractivity contribution in [2.75, 3.05) is 0 Å². The van der Waals surface area contributed by atoms with Gasteiger partial charge in [0, 0.05) is 18.9 Å². The lowest BCUT2D eigenvalue weighted by atomic mass is 10.0. The number of carbonyl (C=O) groups is 1. The van der Waals surface area contributed by atoms with E-state index in [-0.39, 0.29) is 11.4 Å². The maximum Gasteiger partial charge on any atom is 0.342 e. The molecule has 1 heterocycles. The Labute approximate surface area is 145 Å². The summed E-state index contributed by atoms with van der Waals surface area (Å²) in [7, 11) is 0. The summed E-state index contributed by atoms with van der Waals surface area (Å²) in [6.07, 6.45) is 13.5. The van der Waals surface area contributed by atoms with Crippen molar-refractivity contribution >= 4 is 6.29 Å². The van der Waals surface area contributed by atoms with Crippen LogP contribution in [0.2, 0.25) is 0 Å². The molecule has 0 unspecified atom stereocenters. The molecule has 0 fully saturated rings. The topological polar surface area (TPSA) is 67.5 Å². The highest BCUT2D eigenvalue weighted by Crippen LogP contribution is 2.19. The second-order valence-electron chi connectivity index (χ2n) is 6.50. The Balaban J connectivity index is 2.35. The molecule has 0 bridgehead atoms. The highest BCUT2D eigenvalue weighted by molar-refractivity contribution is 5.48. The van der Waals surface area contributed by atoms with E-state index in [4.69, 9.17) is 4.42 Å². The van der Waals surface area contributed by atoms with Gasteiger partial charge in [-0.05, 0) is 25.7 Å². The molecule has 136 valence electrons. The van der Waals surface area contributed by atoms with E-state index in [1.54, 1.807) is 6.07 Å². The molecule has 0 aliphatic heterocycles. The fourth-order valence-corrected chi connectivity index (χ4v) is 2.87. The number of rotatable bonds is 14. The van der Waals surface area contributed by atoms with Gasteiger partial charge in [0.05, 0.1) is 5.56 Å². The predicted molar refractivity (Wildman–Crippen MR) is 96.6 cm³/mol. The second kappa shape index (κ2) is 12.8. The number of unbranched alkanes of at least 4 members (excludes halogenated alkanes) is 9. The van der Waals surface area contributed by atoms with Crippen molar-refractivity contribution < 1.29 is 14.3 Å². The Bertz CT molecular complexity index is 519. The molecule has 0 saturated carbocycles. The zero-order valence-electron chi connectivity index (χ0n) is 15.0. The first kappa shape index (κ1) is 20.5. The second-order valence-corrected chi connectivity index (χ2v) is 6.50. The largest absolute Gasteiger partial charge is 0.507 e. The molecule has 1 rings (SSSR count). The number of hydrogen-bond acceptors (Lipinski definition) is 4. The zero-order chi connectivity index (χ0) is 17.6. The van der Waals surface area contributed by atoms with Gasteiger partial charge in [-0.3, -0.25) is 0 Å². The zero-order valence-corrected chi connectivity index (χ0v) is 15.0. The Morgan fingerprint density at radius 1 is 0.958 bits per heavy atom. The lowest BCUT2D eigenvalue weighted by Crippen LogP contribution is -2.09. The number of carbonyl (C=O) groups excluding carboxylic acids is 1. The van der Waals surface area contributed by atoms with E-state index in [0.717, 1.165) is 51.2 Å². The average molecular weight is 336 g/mol. The van der Waals surface area contributed by atoms with Gasteiger partial charge < -0.3 is 14.3 Å². The third-order valence-electron chi connectivity index (χ3n) is 4.35. The van der Waals surface area contributed by atoms with E-state index >= 15 is 0 Å². The maximum absolute atomic E-state index is 12.0. The van der Waals surface area contributed by atoms with Crippen molar-refractivity contribution in [2.24, 2.45) is 0 Å².